The molecule has 4 rings (SSSR count). The zero-order chi connectivity index (χ0) is 17.6. The van der Waals surface area contributed by atoms with Gasteiger partial charge in [-0.05, 0) is 32.0 Å². The predicted octanol–water partition coefficient (Wildman–Crippen LogP) is 4.55. The fraction of sp³-hybridized carbons (Fsp3) is 0.200. The molecule has 2 heterocycles. The van der Waals surface area contributed by atoms with Crippen LogP contribution in [0.3, 0.4) is 0 Å². The molecule has 0 spiro atoms. The second-order valence-electron chi connectivity index (χ2n) is 6.35. The first kappa shape index (κ1) is 15.7. The van der Waals surface area contributed by atoms with E-state index < -0.39 is 0 Å². The molecule has 1 N–H and O–H groups in total. The Hall–Kier alpha value is -2.82. The molecule has 2 aromatic carbocycles. The first-order valence-corrected chi connectivity index (χ1v) is 8.22. The van der Waals surface area contributed by atoms with Gasteiger partial charge in [0, 0.05) is 28.8 Å². The summed E-state index contributed by atoms with van der Waals surface area (Å²) in [6.07, 6.45) is 1.60. The molecule has 0 saturated heterocycles. The summed E-state index contributed by atoms with van der Waals surface area (Å²) in [5.74, 6) is -0.673. The quantitative estimate of drug-likeness (QED) is 0.707. The van der Waals surface area contributed by atoms with Crippen LogP contribution in [0.2, 0.25) is 0 Å². The second-order valence-corrected chi connectivity index (χ2v) is 6.35. The van der Waals surface area contributed by atoms with Crippen molar-refractivity contribution in [3.8, 4) is 0 Å². The van der Waals surface area contributed by atoms with E-state index in [0.29, 0.717) is 27.9 Å². The summed E-state index contributed by atoms with van der Waals surface area (Å²) in [5, 5.41) is 3.91. The molecule has 5 heteroatoms. The summed E-state index contributed by atoms with van der Waals surface area (Å²) in [6, 6.07) is 11.6. The van der Waals surface area contributed by atoms with Crippen LogP contribution >= 0.6 is 0 Å². The fourth-order valence-corrected chi connectivity index (χ4v) is 3.08. The van der Waals surface area contributed by atoms with Crippen molar-refractivity contribution in [2.45, 2.75) is 25.9 Å². The number of halogens is 2. The van der Waals surface area contributed by atoms with Crippen LogP contribution in [-0.4, -0.2) is 22.8 Å². The van der Waals surface area contributed by atoms with Gasteiger partial charge in [0.1, 0.15) is 17.2 Å². The fourth-order valence-electron chi connectivity index (χ4n) is 3.08. The summed E-state index contributed by atoms with van der Waals surface area (Å²) in [4.78, 5) is 9.05. The highest BCUT2D eigenvalue weighted by Crippen LogP contribution is 2.29. The van der Waals surface area contributed by atoms with E-state index in [0.717, 1.165) is 5.56 Å². The number of fused-ring (bicyclic) bond motifs is 2. The Bertz CT molecular complexity index is 997. The normalized spacial score (nSPS) is 19.8. The van der Waals surface area contributed by atoms with Crippen LogP contribution in [-0.2, 0) is 0 Å². The molecule has 1 aliphatic heterocycles. The third-order valence-electron chi connectivity index (χ3n) is 4.63. The van der Waals surface area contributed by atoms with Crippen molar-refractivity contribution in [3.05, 3.63) is 71.4 Å². The van der Waals surface area contributed by atoms with E-state index in [2.05, 4.69) is 10.3 Å². The number of para-hydroxylation sites is 2. The highest BCUT2D eigenvalue weighted by Gasteiger charge is 2.24. The lowest BCUT2D eigenvalue weighted by Crippen LogP contribution is -2.26. The molecule has 126 valence electrons. The van der Waals surface area contributed by atoms with Crippen LogP contribution in [0.5, 0.6) is 0 Å². The maximum absolute atomic E-state index is 14.4. The number of aromatic nitrogens is 1. The number of anilines is 1. The Morgan fingerprint density at radius 2 is 1.76 bits per heavy atom. The third kappa shape index (κ3) is 2.65. The number of benzene rings is 2. The number of nitrogens with zero attached hydrogens (tertiary/aromatic N) is 2. The number of hydrogen-bond acceptors (Lipinski definition) is 3. The van der Waals surface area contributed by atoms with Gasteiger partial charge in [0.25, 0.3) is 0 Å². The van der Waals surface area contributed by atoms with E-state index in [-0.39, 0.29) is 23.7 Å². The number of nitrogens with one attached hydrogen (secondary N) is 1. The molecule has 0 unspecified atom stereocenters. The minimum Gasteiger partial charge on any atom is -0.378 e. The summed E-state index contributed by atoms with van der Waals surface area (Å²) < 4.78 is 28.2. The smallest absolute Gasteiger partial charge is 0.149 e. The van der Waals surface area contributed by atoms with Crippen molar-refractivity contribution in [3.63, 3.8) is 0 Å². The van der Waals surface area contributed by atoms with Crippen LogP contribution < -0.4 is 5.32 Å². The summed E-state index contributed by atoms with van der Waals surface area (Å²) in [5.41, 5.74) is 2.86. The lowest BCUT2D eigenvalue weighted by Gasteiger charge is -2.17. The van der Waals surface area contributed by atoms with Gasteiger partial charge >= 0.3 is 0 Å². The summed E-state index contributed by atoms with van der Waals surface area (Å²) >= 11 is 0. The molecule has 1 aromatic heterocycles. The van der Waals surface area contributed by atoms with Crippen molar-refractivity contribution >= 4 is 22.3 Å². The van der Waals surface area contributed by atoms with Crippen LogP contribution in [0, 0.1) is 11.6 Å². The standard InChI is InChI=1S/C20H17F2N3/c1-11-12(2)25-20-15(6-4-8-17(20)22)18(24-11)14-9-13-5-3-7-16(21)19(13)23-10-14/h3-12,25H,1-2H3/t11-,12+/m1/s1. The number of rotatable bonds is 1. The third-order valence-corrected chi connectivity index (χ3v) is 4.63. The van der Waals surface area contributed by atoms with Gasteiger partial charge in [0.05, 0.1) is 17.4 Å². The molecule has 0 aliphatic carbocycles. The van der Waals surface area contributed by atoms with Crippen LogP contribution in [0.4, 0.5) is 14.5 Å². The number of benzodiazepines with no additional fused rings is 1. The number of hydrogen-bond donors (Lipinski definition) is 1. The van der Waals surface area contributed by atoms with Gasteiger partial charge < -0.3 is 5.32 Å². The van der Waals surface area contributed by atoms with Gasteiger partial charge in [0.15, 0.2) is 0 Å². The van der Waals surface area contributed by atoms with Crippen LogP contribution in [0.1, 0.15) is 25.0 Å². The van der Waals surface area contributed by atoms with Gasteiger partial charge in [-0.25, -0.2) is 8.78 Å². The van der Waals surface area contributed by atoms with Crippen LogP contribution in [0.25, 0.3) is 10.9 Å². The zero-order valence-electron chi connectivity index (χ0n) is 13.9. The molecule has 1 aliphatic rings. The Kier molecular flexibility index (Phi) is 3.71. The van der Waals surface area contributed by atoms with Crippen molar-refractivity contribution in [2.24, 2.45) is 4.99 Å². The first-order valence-electron chi connectivity index (χ1n) is 8.22. The van der Waals surface area contributed by atoms with E-state index in [9.17, 15) is 8.78 Å². The average molecular weight is 337 g/mol. The molecule has 25 heavy (non-hydrogen) atoms. The average Bonchev–Trinajstić information content (AvgIpc) is 2.73. The van der Waals surface area contributed by atoms with Crippen molar-refractivity contribution < 1.29 is 8.78 Å². The minimum absolute atomic E-state index is 0.0148. The van der Waals surface area contributed by atoms with Gasteiger partial charge in [-0.3, -0.25) is 9.98 Å². The maximum Gasteiger partial charge on any atom is 0.149 e. The van der Waals surface area contributed by atoms with Gasteiger partial charge in [0.2, 0.25) is 0 Å². The Morgan fingerprint density at radius 3 is 2.60 bits per heavy atom. The van der Waals surface area contributed by atoms with Gasteiger partial charge in [-0.2, -0.15) is 0 Å². The second kappa shape index (κ2) is 5.92. The number of aliphatic imine (C=N–C) groups is 1. The van der Waals surface area contributed by atoms with E-state index in [1.165, 1.54) is 12.1 Å². The lowest BCUT2D eigenvalue weighted by atomic mass is 10.0. The van der Waals surface area contributed by atoms with E-state index >= 15 is 0 Å². The summed E-state index contributed by atoms with van der Waals surface area (Å²) in [7, 11) is 0. The Morgan fingerprint density at radius 1 is 1.00 bits per heavy atom. The predicted molar refractivity (Wildman–Crippen MR) is 96.3 cm³/mol. The largest absolute Gasteiger partial charge is 0.378 e. The van der Waals surface area contributed by atoms with Gasteiger partial charge in [-0.1, -0.05) is 24.3 Å². The highest BCUT2D eigenvalue weighted by atomic mass is 19.1. The van der Waals surface area contributed by atoms with E-state index in [1.54, 1.807) is 18.3 Å². The molecular formula is C20H17F2N3. The molecule has 3 aromatic rings. The van der Waals surface area contributed by atoms with E-state index in [4.69, 9.17) is 4.99 Å². The first-order chi connectivity index (χ1) is 12.0. The maximum atomic E-state index is 14.4. The molecule has 0 bridgehead atoms. The molecule has 0 fully saturated rings. The van der Waals surface area contributed by atoms with Crippen LogP contribution in [0.15, 0.2) is 53.7 Å². The Labute approximate surface area is 144 Å². The SMILES string of the molecule is C[C@@H]1Nc2c(F)cccc2C(c2cnc3c(F)cccc3c2)=N[C@@H]1C. The molecule has 0 amide bonds. The van der Waals surface area contributed by atoms with E-state index in [1.807, 2.05) is 32.0 Å². The monoisotopic (exact) mass is 337 g/mol. The Balaban J connectivity index is 1.94. The number of pyridine rings is 1. The topological polar surface area (TPSA) is 37.3 Å². The van der Waals surface area contributed by atoms with Crippen molar-refractivity contribution in [1.29, 1.82) is 0 Å². The molecule has 2 atom stereocenters. The molecular weight excluding hydrogens is 320 g/mol. The molecule has 3 nitrogen and oxygen atoms in total. The minimum atomic E-state index is -0.359. The lowest BCUT2D eigenvalue weighted by molar-refractivity contribution is 0.612. The zero-order valence-corrected chi connectivity index (χ0v) is 13.9. The van der Waals surface area contributed by atoms with Gasteiger partial charge in [-0.15, -0.1) is 0 Å². The highest BCUT2D eigenvalue weighted by molar-refractivity contribution is 6.17. The van der Waals surface area contributed by atoms with Crippen molar-refractivity contribution in [1.82, 2.24) is 4.98 Å². The summed E-state index contributed by atoms with van der Waals surface area (Å²) in [6.45, 7) is 3.96. The van der Waals surface area contributed by atoms with Crippen molar-refractivity contribution in [2.75, 3.05) is 5.32 Å². The molecule has 0 saturated carbocycles. The molecule has 0 radical (unpaired) electrons.